The molecule has 2 rings (SSSR count). The molecular weight excluding hydrogens is 307 g/mol. The zero-order valence-corrected chi connectivity index (χ0v) is 12.5. The minimum Gasteiger partial charge on any atom is -0.271 e. The highest BCUT2D eigenvalue weighted by Gasteiger charge is 2.16. The summed E-state index contributed by atoms with van der Waals surface area (Å²) in [5, 5.41) is 0. The van der Waals surface area contributed by atoms with Crippen molar-refractivity contribution in [2.75, 3.05) is 0 Å². The van der Waals surface area contributed by atoms with Crippen LogP contribution >= 0.6 is 15.9 Å². The highest BCUT2D eigenvalue weighted by atomic mass is 79.9. The van der Waals surface area contributed by atoms with Crippen molar-refractivity contribution in [3.8, 4) is 0 Å². The molecule has 19 heavy (non-hydrogen) atoms. The SMILES string of the molecule is Cc1cc(F)cc(C(NN)c2cccc(Br)c2C)c1. The van der Waals surface area contributed by atoms with Crippen molar-refractivity contribution >= 4 is 15.9 Å². The van der Waals surface area contributed by atoms with E-state index in [1.165, 1.54) is 12.1 Å². The summed E-state index contributed by atoms with van der Waals surface area (Å²) in [5.41, 5.74) is 6.59. The molecule has 4 heteroatoms. The molecule has 0 amide bonds. The Bertz CT molecular complexity index is 578. The lowest BCUT2D eigenvalue weighted by molar-refractivity contribution is 0.602. The van der Waals surface area contributed by atoms with E-state index in [0.29, 0.717) is 0 Å². The van der Waals surface area contributed by atoms with Crippen molar-refractivity contribution in [1.82, 2.24) is 5.43 Å². The third-order valence-electron chi connectivity index (χ3n) is 3.19. The second-order valence-corrected chi connectivity index (χ2v) is 5.47. The Morgan fingerprint density at radius 3 is 2.58 bits per heavy atom. The lowest BCUT2D eigenvalue weighted by atomic mass is 9.94. The molecule has 0 spiro atoms. The molecule has 0 fully saturated rings. The van der Waals surface area contributed by atoms with Gasteiger partial charge in [-0.2, -0.15) is 0 Å². The van der Waals surface area contributed by atoms with Gasteiger partial charge in [-0.05, 0) is 54.3 Å². The number of hydrazine groups is 1. The fourth-order valence-corrected chi connectivity index (χ4v) is 2.62. The molecule has 0 saturated carbocycles. The zero-order valence-electron chi connectivity index (χ0n) is 10.9. The number of nitrogens with one attached hydrogen (secondary N) is 1. The monoisotopic (exact) mass is 322 g/mol. The summed E-state index contributed by atoms with van der Waals surface area (Å²) in [5.74, 6) is 5.42. The predicted molar refractivity (Wildman–Crippen MR) is 79.2 cm³/mol. The third kappa shape index (κ3) is 3.03. The van der Waals surface area contributed by atoms with Gasteiger partial charge in [-0.3, -0.25) is 5.84 Å². The standard InChI is InChI=1S/C15H16BrFN2/c1-9-6-11(8-12(17)7-9)15(19-18)13-4-3-5-14(16)10(13)2/h3-8,15,19H,18H2,1-2H3. The second kappa shape index (κ2) is 5.82. The van der Waals surface area contributed by atoms with E-state index in [1.807, 2.05) is 38.1 Å². The molecule has 0 aliphatic rings. The van der Waals surface area contributed by atoms with Gasteiger partial charge in [0.05, 0.1) is 6.04 Å². The van der Waals surface area contributed by atoms with Gasteiger partial charge in [0, 0.05) is 4.47 Å². The fourth-order valence-electron chi connectivity index (χ4n) is 2.23. The highest BCUT2D eigenvalue weighted by Crippen LogP contribution is 2.29. The Morgan fingerprint density at radius 1 is 1.21 bits per heavy atom. The Morgan fingerprint density at radius 2 is 1.95 bits per heavy atom. The molecule has 100 valence electrons. The van der Waals surface area contributed by atoms with Gasteiger partial charge in [-0.15, -0.1) is 0 Å². The first-order valence-corrected chi connectivity index (χ1v) is 6.80. The van der Waals surface area contributed by atoms with E-state index in [2.05, 4.69) is 21.4 Å². The maximum atomic E-state index is 13.5. The van der Waals surface area contributed by atoms with E-state index in [9.17, 15) is 4.39 Å². The Kier molecular flexibility index (Phi) is 4.34. The van der Waals surface area contributed by atoms with Crippen LogP contribution in [0.5, 0.6) is 0 Å². The molecule has 3 N–H and O–H groups in total. The van der Waals surface area contributed by atoms with Crippen molar-refractivity contribution in [2.45, 2.75) is 19.9 Å². The van der Waals surface area contributed by atoms with E-state index in [0.717, 1.165) is 26.7 Å². The maximum absolute atomic E-state index is 13.5. The van der Waals surface area contributed by atoms with Gasteiger partial charge in [0.1, 0.15) is 5.82 Å². The number of halogens is 2. The summed E-state index contributed by atoms with van der Waals surface area (Å²) in [6.45, 7) is 3.88. The first-order chi connectivity index (χ1) is 9.02. The number of aryl methyl sites for hydroxylation is 1. The molecular formula is C15H16BrFN2. The third-order valence-corrected chi connectivity index (χ3v) is 4.04. The molecule has 2 aromatic rings. The zero-order chi connectivity index (χ0) is 14.0. The van der Waals surface area contributed by atoms with Crippen LogP contribution in [0.2, 0.25) is 0 Å². The number of rotatable bonds is 3. The summed E-state index contributed by atoms with van der Waals surface area (Å²) in [7, 11) is 0. The topological polar surface area (TPSA) is 38.0 Å². The minimum atomic E-state index is -0.247. The van der Waals surface area contributed by atoms with Crippen molar-refractivity contribution in [3.05, 3.63) is 68.9 Å². The molecule has 2 nitrogen and oxygen atoms in total. The van der Waals surface area contributed by atoms with Crippen LogP contribution in [0.3, 0.4) is 0 Å². The Hall–Kier alpha value is -1.23. The normalized spacial score (nSPS) is 12.5. The largest absolute Gasteiger partial charge is 0.271 e. The maximum Gasteiger partial charge on any atom is 0.123 e. The van der Waals surface area contributed by atoms with Crippen LogP contribution < -0.4 is 11.3 Å². The smallest absolute Gasteiger partial charge is 0.123 e. The van der Waals surface area contributed by atoms with Crippen molar-refractivity contribution in [1.29, 1.82) is 0 Å². The van der Waals surface area contributed by atoms with Crippen LogP contribution in [-0.4, -0.2) is 0 Å². The molecule has 2 aromatic carbocycles. The van der Waals surface area contributed by atoms with E-state index in [4.69, 9.17) is 5.84 Å². The van der Waals surface area contributed by atoms with Crippen LogP contribution in [0.1, 0.15) is 28.3 Å². The molecule has 0 bridgehead atoms. The molecule has 1 atom stereocenters. The average molecular weight is 323 g/mol. The van der Waals surface area contributed by atoms with Gasteiger partial charge in [0.2, 0.25) is 0 Å². The van der Waals surface area contributed by atoms with E-state index < -0.39 is 0 Å². The fraction of sp³-hybridized carbons (Fsp3) is 0.200. The predicted octanol–water partition coefficient (Wildman–Crippen LogP) is 3.76. The summed E-state index contributed by atoms with van der Waals surface area (Å²) < 4.78 is 14.6. The number of nitrogens with two attached hydrogens (primary N) is 1. The van der Waals surface area contributed by atoms with Gasteiger partial charge in [0.15, 0.2) is 0 Å². The number of benzene rings is 2. The highest BCUT2D eigenvalue weighted by molar-refractivity contribution is 9.10. The van der Waals surface area contributed by atoms with Crippen LogP contribution in [-0.2, 0) is 0 Å². The molecule has 0 aliphatic carbocycles. The first-order valence-electron chi connectivity index (χ1n) is 6.01. The Balaban J connectivity index is 2.53. The van der Waals surface area contributed by atoms with Gasteiger partial charge in [0.25, 0.3) is 0 Å². The van der Waals surface area contributed by atoms with Gasteiger partial charge < -0.3 is 0 Å². The van der Waals surface area contributed by atoms with Gasteiger partial charge >= 0.3 is 0 Å². The van der Waals surface area contributed by atoms with Gasteiger partial charge in [-0.25, -0.2) is 9.82 Å². The number of hydrogen-bond donors (Lipinski definition) is 2. The quantitative estimate of drug-likeness (QED) is 0.667. The average Bonchev–Trinajstić information content (AvgIpc) is 2.34. The second-order valence-electron chi connectivity index (χ2n) is 4.62. The molecule has 0 aromatic heterocycles. The summed E-state index contributed by atoms with van der Waals surface area (Å²) in [6, 6.07) is 10.6. The Labute approximate surface area is 120 Å². The van der Waals surface area contributed by atoms with Crippen LogP contribution in [0.15, 0.2) is 40.9 Å². The molecule has 0 aliphatic heterocycles. The minimum absolute atomic E-state index is 0.230. The van der Waals surface area contributed by atoms with Crippen LogP contribution in [0.4, 0.5) is 4.39 Å². The summed E-state index contributed by atoms with van der Waals surface area (Å²) in [4.78, 5) is 0. The molecule has 0 saturated heterocycles. The van der Waals surface area contributed by atoms with E-state index in [1.54, 1.807) is 0 Å². The van der Waals surface area contributed by atoms with E-state index in [-0.39, 0.29) is 11.9 Å². The molecule has 0 radical (unpaired) electrons. The first kappa shape index (κ1) is 14.2. The summed E-state index contributed by atoms with van der Waals surface area (Å²) >= 11 is 3.50. The lowest BCUT2D eigenvalue weighted by Gasteiger charge is -2.20. The lowest BCUT2D eigenvalue weighted by Crippen LogP contribution is -2.29. The summed E-state index contributed by atoms with van der Waals surface area (Å²) in [6.07, 6.45) is 0. The molecule has 0 heterocycles. The molecule has 1 unspecified atom stereocenters. The van der Waals surface area contributed by atoms with Crippen LogP contribution in [0.25, 0.3) is 0 Å². The number of hydrogen-bond acceptors (Lipinski definition) is 2. The van der Waals surface area contributed by atoms with E-state index >= 15 is 0 Å². The van der Waals surface area contributed by atoms with Crippen molar-refractivity contribution in [3.63, 3.8) is 0 Å². The van der Waals surface area contributed by atoms with Crippen molar-refractivity contribution in [2.24, 2.45) is 5.84 Å². The van der Waals surface area contributed by atoms with Gasteiger partial charge in [-0.1, -0.05) is 34.1 Å². The van der Waals surface area contributed by atoms with Crippen LogP contribution in [0, 0.1) is 19.7 Å². The van der Waals surface area contributed by atoms with Crippen molar-refractivity contribution < 1.29 is 4.39 Å².